The lowest BCUT2D eigenvalue weighted by Crippen LogP contribution is -2.26. The molecule has 2 nitrogen and oxygen atoms in total. The summed E-state index contributed by atoms with van der Waals surface area (Å²) in [6, 6.07) is 1.98. The lowest BCUT2D eigenvalue weighted by Gasteiger charge is -2.22. The van der Waals surface area contributed by atoms with Crippen LogP contribution >= 0.6 is 15.9 Å². The van der Waals surface area contributed by atoms with Gasteiger partial charge in [-0.3, -0.25) is 0 Å². The Morgan fingerprint density at radius 3 is 2.54 bits per heavy atom. The Bertz CT molecular complexity index is 302. The quantitative estimate of drug-likeness (QED) is 0.817. The average Bonchev–Trinajstić information content (AvgIpc) is 1.96. The summed E-state index contributed by atoms with van der Waals surface area (Å²) in [6.07, 6.45) is 1.81. The Balaban J connectivity index is 2.96. The van der Waals surface area contributed by atoms with Crippen molar-refractivity contribution >= 4 is 21.7 Å². The van der Waals surface area contributed by atoms with Gasteiger partial charge >= 0.3 is 0 Å². The van der Waals surface area contributed by atoms with Crippen molar-refractivity contribution in [2.75, 3.05) is 5.32 Å². The highest BCUT2D eigenvalue weighted by Gasteiger charge is 2.12. The van der Waals surface area contributed by atoms with E-state index in [-0.39, 0.29) is 5.54 Å². The van der Waals surface area contributed by atoms with Crippen molar-refractivity contribution in [3.8, 4) is 0 Å². The maximum atomic E-state index is 4.27. The van der Waals surface area contributed by atoms with Crippen molar-refractivity contribution in [3.05, 3.63) is 22.3 Å². The molecule has 0 fully saturated rings. The third-order valence-electron chi connectivity index (χ3n) is 1.58. The number of rotatable bonds is 1. The van der Waals surface area contributed by atoms with Gasteiger partial charge in [-0.25, -0.2) is 4.98 Å². The van der Waals surface area contributed by atoms with E-state index in [0.717, 1.165) is 10.3 Å². The van der Waals surface area contributed by atoms with Crippen molar-refractivity contribution in [3.63, 3.8) is 0 Å². The van der Waals surface area contributed by atoms with Crippen LogP contribution in [0.25, 0.3) is 0 Å². The van der Waals surface area contributed by atoms with Crippen molar-refractivity contribution in [1.29, 1.82) is 0 Å². The van der Waals surface area contributed by atoms with Gasteiger partial charge in [0.2, 0.25) is 0 Å². The van der Waals surface area contributed by atoms with Crippen molar-refractivity contribution < 1.29 is 0 Å². The predicted molar refractivity (Wildman–Crippen MR) is 60.0 cm³/mol. The van der Waals surface area contributed by atoms with Gasteiger partial charge < -0.3 is 5.32 Å². The minimum atomic E-state index is 0.0450. The number of nitrogens with zero attached hydrogens (tertiary/aromatic N) is 1. The van der Waals surface area contributed by atoms with E-state index in [9.17, 15) is 0 Å². The first-order chi connectivity index (χ1) is 5.90. The molecule has 0 aromatic carbocycles. The van der Waals surface area contributed by atoms with E-state index in [2.05, 4.69) is 53.9 Å². The Kier molecular flexibility index (Phi) is 2.96. The molecule has 0 amide bonds. The molecule has 0 atom stereocenters. The molecular weight excluding hydrogens is 228 g/mol. The van der Waals surface area contributed by atoms with Crippen LogP contribution in [0.5, 0.6) is 0 Å². The molecule has 1 aromatic rings. The molecule has 72 valence electrons. The number of halogens is 1. The smallest absolute Gasteiger partial charge is 0.140 e. The summed E-state index contributed by atoms with van der Waals surface area (Å²) in [4.78, 5) is 4.27. The molecule has 0 saturated carbocycles. The third-order valence-corrected chi connectivity index (χ3v) is 2.58. The minimum absolute atomic E-state index is 0.0450. The fourth-order valence-corrected chi connectivity index (χ4v) is 1.32. The number of aromatic nitrogens is 1. The molecule has 0 radical (unpaired) electrons. The van der Waals surface area contributed by atoms with Crippen molar-refractivity contribution in [2.45, 2.75) is 33.2 Å². The predicted octanol–water partition coefficient (Wildman–Crippen LogP) is 3.36. The summed E-state index contributed by atoms with van der Waals surface area (Å²) in [5.41, 5.74) is 1.24. The number of pyridine rings is 1. The summed E-state index contributed by atoms with van der Waals surface area (Å²) in [6.45, 7) is 8.40. The van der Waals surface area contributed by atoms with Gasteiger partial charge in [-0.2, -0.15) is 0 Å². The molecule has 1 heterocycles. The van der Waals surface area contributed by atoms with E-state index in [4.69, 9.17) is 0 Å². The highest BCUT2D eigenvalue weighted by atomic mass is 79.9. The fourth-order valence-electron chi connectivity index (χ4n) is 0.983. The Hall–Kier alpha value is -0.570. The highest BCUT2D eigenvalue weighted by Crippen LogP contribution is 2.25. The van der Waals surface area contributed by atoms with E-state index in [1.165, 1.54) is 5.56 Å². The number of anilines is 1. The second-order valence-corrected chi connectivity index (χ2v) is 4.96. The van der Waals surface area contributed by atoms with E-state index in [1.807, 2.05) is 12.3 Å². The zero-order chi connectivity index (χ0) is 10.1. The van der Waals surface area contributed by atoms with Crippen LogP contribution in [0, 0.1) is 6.92 Å². The minimum Gasteiger partial charge on any atom is -0.365 e. The molecule has 0 spiro atoms. The van der Waals surface area contributed by atoms with Crippen LogP contribution in [0.15, 0.2) is 16.7 Å². The first-order valence-electron chi connectivity index (χ1n) is 4.29. The van der Waals surface area contributed by atoms with Gasteiger partial charge in [0, 0.05) is 11.7 Å². The first-order valence-corrected chi connectivity index (χ1v) is 5.09. The zero-order valence-electron chi connectivity index (χ0n) is 8.48. The molecule has 13 heavy (non-hydrogen) atoms. The Morgan fingerprint density at radius 2 is 2.00 bits per heavy atom. The van der Waals surface area contributed by atoms with Gasteiger partial charge in [0.1, 0.15) is 5.82 Å². The molecule has 0 saturated heterocycles. The summed E-state index contributed by atoms with van der Waals surface area (Å²) in [7, 11) is 0. The lowest BCUT2D eigenvalue weighted by molar-refractivity contribution is 0.629. The van der Waals surface area contributed by atoms with Gasteiger partial charge in [0.25, 0.3) is 0 Å². The molecule has 0 aliphatic rings. The summed E-state index contributed by atoms with van der Waals surface area (Å²) in [5, 5.41) is 3.33. The van der Waals surface area contributed by atoms with Crippen LogP contribution in [0.3, 0.4) is 0 Å². The molecular formula is C10H15BrN2. The van der Waals surface area contributed by atoms with Gasteiger partial charge in [-0.05, 0) is 55.3 Å². The highest BCUT2D eigenvalue weighted by molar-refractivity contribution is 9.10. The average molecular weight is 243 g/mol. The van der Waals surface area contributed by atoms with Crippen LogP contribution in [0.1, 0.15) is 26.3 Å². The lowest BCUT2D eigenvalue weighted by atomic mass is 10.1. The molecule has 3 heteroatoms. The van der Waals surface area contributed by atoms with E-state index in [0.29, 0.717) is 0 Å². The standard InChI is InChI=1S/C10H15BrN2/c1-7-5-6-12-9(8(7)11)13-10(2,3)4/h5-6H,1-4H3,(H,12,13). The summed E-state index contributed by atoms with van der Waals surface area (Å²) < 4.78 is 1.05. The molecule has 1 N–H and O–H groups in total. The van der Waals surface area contributed by atoms with Gasteiger partial charge in [-0.1, -0.05) is 0 Å². The number of hydrogen-bond acceptors (Lipinski definition) is 2. The van der Waals surface area contributed by atoms with E-state index >= 15 is 0 Å². The largest absolute Gasteiger partial charge is 0.365 e. The summed E-state index contributed by atoms with van der Waals surface area (Å²) in [5.74, 6) is 0.910. The van der Waals surface area contributed by atoms with Crippen LogP contribution in [-0.2, 0) is 0 Å². The second-order valence-electron chi connectivity index (χ2n) is 4.17. The van der Waals surface area contributed by atoms with Crippen LogP contribution in [0.2, 0.25) is 0 Å². The van der Waals surface area contributed by atoms with E-state index < -0.39 is 0 Å². The first kappa shape index (κ1) is 10.5. The summed E-state index contributed by atoms with van der Waals surface area (Å²) >= 11 is 3.51. The van der Waals surface area contributed by atoms with Gasteiger partial charge in [0.05, 0.1) is 4.47 Å². The maximum absolute atomic E-state index is 4.27. The van der Waals surface area contributed by atoms with E-state index in [1.54, 1.807) is 0 Å². The fraction of sp³-hybridized carbons (Fsp3) is 0.500. The topological polar surface area (TPSA) is 24.9 Å². The molecule has 0 bridgehead atoms. The number of hydrogen-bond donors (Lipinski definition) is 1. The third kappa shape index (κ3) is 2.99. The maximum Gasteiger partial charge on any atom is 0.140 e. The molecule has 1 rings (SSSR count). The zero-order valence-corrected chi connectivity index (χ0v) is 10.1. The Labute approximate surface area is 87.9 Å². The second kappa shape index (κ2) is 3.66. The normalized spacial score (nSPS) is 11.5. The molecule has 1 aromatic heterocycles. The van der Waals surface area contributed by atoms with Gasteiger partial charge in [-0.15, -0.1) is 0 Å². The Morgan fingerprint density at radius 1 is 1.38 bits per heavy atom. The van der Waals surface area contributed by atoms with Crippen LogP contribution in [0.4, 0.5) is 5.82 Å². The van der Waals surface area contributed by atoms with Crippen LogP contribution in [-0.4, -0.2) is 10.5 Å². The van der Waals surface area contributed by atoms with Crippen LogP contribution < -0.4 is 5.32 Å². The SMILES string of the molecule is Cc1ccnc(NC(C)(C)C)c1Br. The monoisotopic (exact) mass is 242 g/mol. The molecule has 0 aliphatic heterocycles. The molecule has 0 unspecified atom stereocenters. The molecule has 0 aliphatic carbocycles. The number of nitrogens with one attached hydrogen (secondary N) is 1. The van der Waals surface area contributed by atoms with Crippen molar-refractivity contribution in [2.24, 2.45) is 0 Å². The number of aryl methyl sites for hydroxylation is 1. The van der Waals surface area contributed by atoms with Gasteiger partial charge in [0.15, 0.2) is 0 Å². The van der Waals surface area contributed by atoms with Crippen molar-refractivity contribution in [1.82, 2.24) is 4.98 Å².